The zero-order valence-electron chi connectivity index (χ0n) is 16.8. The van der Waals surface area contributed by atoms with E-state index in [1.54, 1.807) is 42.7 Å². The van der Waals surface area contributed by atoms with Gasteiger partial charge in [0.05, 0.1) is 17.7 Å². The van der Waals surface area contributed by atoms with Gasteiger partial charge in [-0.1, -0.05) is 12.1 Å². The van der Waals surface area contributed by atoms with Crippen molar-refractivity contribution in [2.45, 2.75) is 38.1 Å². The first-order valence-corrected chi connectivity index (χ1v) is 9.72. The van der Waals surface area contributed by atoms with E-state index in [0.29, 0.717) is 17.9 Å². The van der Waals surface area contributed by atoms with Crippen molar-refractivity contribution < 1.29 is 14.2 Å². The molecule has 0 saturated carbocycles. The van der Waals surface area contributed by atoms with Gasteiger partial charge in [0, 0.05) is 24.5 Å². The second-order valence-corrected chi connectivity index (χ2v) is 7.91. The topological polar surface area (TPSA) is 78.2 Å². The maximum Gasteiger partial charge on any atom is 0.131 e. The molecule has 4 rings (SSSR count). The van der Waals surface area contributed by atoms with Crippen LogP contribution < -0.4 is 10.1 Å². The number of ether oxygens (including phenoxy) is 1. The number of aliphatic hydroxyl groups excluding tert-OH is 1. The maximum atomic E-state index is 13.3. The molecule has 0 fully saturated rings. The molecule has 152 valence electrons. The van der Waals surface area contributed by atoms with E-state index in [0.717, 1.165) is 22.3 Å². The molecule has 2 atom stereocenters. The van der Waals surface area contributed by atoms with Crippen molar-refractivity contribution in [2.24, 2.45) is 0 Å². The summed E-state index contributed by atoms with van der Waals surface area (Å²) in [5.74, 6) is 0.358. The van der Waals surface area contributed by atoms with Crippen LogP contribution in [-0.2, 0) is 6.54 Å². The summed E-state index contributed by atoms with van der Waals surface area (Å²) < 4.78 is 19.3. The van der Waals surface area contributed by atoms with Crippen molar-refractivity contribution in [2.75, 3.05) is 0 Å². The van der Waals surface area contributed by atoms with Gasteiger partial charge in [0.15, 0.2) is 0 Å². The molecule has 0 aliphatic carbocycles. The van der Waals surface area contributed by atoms with E-state index >= 15 is 0 Å². The van der Waals surface area contributed by atoms with E-state index < -0.39 is 17.7 Å². The first-order valence-electron chi connectivity index (χ1n) is 9.72. The largest absolute Gasteiger partial charge is 0.485 e. The number of aromatic nitrogens is 1. The Morgan fingerprint density at radius 2 is 1.97 bits per heavy atom. The van der Waals surface area contributed by atoms with Gasteiger partial charge in [-0.15, -0.1) is 0 Å². The monoisotopic (exact) mass is 403 g/mol. The van der Waals surface area contributed by atoms with Crippen molar-refractivity contribution in [3.05, 3.63) is 83.4 Å². The molecule has 30 heavy (non-hydrogen) atoms. The minimum absolute atomic E-state index is 0.287. The summed E-state index contributed by atoms with van der Waals surface area (Å²) in [5, 5.41) is 23.7. The van der Waals surface area contributed by atoms with Crippen LogP contribution in [0.2, 0.25) is 0 Å². The molecule has 2 heterocycles. The molecule has 1 aromatic heterocycles. The number of fused-ring (bicyclic) bond motifs is 1. The summed E-state index contributed by atoms with van der Waals surface area (Å²) in [7, 11) is 0. The summed E-state index contributed by atoms with van der Waals surface area (Å²) in [6.07, 6.45) is 2.63. The molecule has 6 heteroatoms. The summed E-state index contributed by atoms with van der Waals surface area (Å²) in [6, 6.07) is 15.1. The highest BCUT2D eigenvalue weighted by molar-refractivity contribution is 5.66. The van der Waals surface area contributed by atoms with Crippen LogP contribution in [0.1, 0.15) is 36.6 Å². The average molecular weight is 403 g/mol. The molecule has 1 aliphatic rings. The normalized spacial score (nSPS) is 19.4. The number of nitrogens with one attached hydrogen (secondary N) is 1. The second-order valence-electron chi connectivity index (χ2n) is 7.91. The van der Waals surface area contributed by atoms with Crippen LogP contribution in [0.4, 0.5) is 4.39 Å². The van der Waals surface area contributed by atoms with Gasteiger partial charge in [0.1, 0.15) is 23.3 Å². The molecule has 2 aromatic carbocycles. The molecule has 0 radical (unpaired) electrons. The number of pyridine rings is 1. The van der Waals surface area contributed by atoms with E-state index in [1.807, 2.05) is 19.9 Å². The standard InChI is InChI=1S/C24H22FN3O2/c1-24(2)23(29)22(20-11-15(12-26)3-8-21(20)30-24)28-14-17-13-27-10-9-19(17)16-4-6-18(25)7-5-16/h3-11,13,22-23,28-29H,14H2,1-2H3/t22-,23+/m0/s1. The highest BCUT2D eigenvalue weighted by Crippen LogP contribution is 2.40. The maximum absolute atomic E-state index is 13.3. The quantitative estimate of drug-likeness (QED) is 0.685. The molecule has 2 N–H and O–H groups in total. The van der Waals surface area contributed by atoms with Crippen molar-refractivity contribution in [1.82, 2.24) is 10.3 Å². The summed E-state index contributed by atoms with van der Waals surface area (Å²) >= 11 is 0. The molecule has 1 aliphatic heterocycles. The Labute approximate surface area is 174 Å². The zero-order chi connectivity index (χ0) is 21.3. The van der Waals surface area contributed by atoms with Gasteiger partial charge in [-0.25, -0.2) is 4.39 Å². The van der Waals surface area contributed by atoms with Crippen molar-refractivity contribution in [3.8, 4) is 22.9 Å². The fourth-order valence-electron chi connectivity index (χ4n) is 3.79. The lowest BCUT2D eigenvalue weighted by molar-refractivity contribution is -0.0649. The van der Waals surface area contributed by atoms with E-state index in [1.165, 1.54) is 12.1 Å². The van der Waals surface area contributed by atoms with Crippen LogP contribution in [0.25, 0.3) is 11.1 Å². The third-order valence-electron chi connectivity index (χ3n) is 5.45. The average Bonchev–Trinajstić information content (AvgIpc) is 2.74. The number of benzene rings is 2. The predicted octanol–water partition coefficient (Wildman–Crippen LogP) is 4.12. The van der Waals surface area contributed by atoms with E-state index in [2.05, 4.69) is 16.4 Å². The molecular weight excluding hydrogens is 381 g/mol. The summed E-state index contributed by atoms with van der Waals surface area (Å²) in [6.45, 7) is 4.09. The molecule has 0 amide bonds. The lowest BCUT2D eigenvalue weighted by Crippen LogP contribution is -2.52. The third-order valence-corrected chi connectivity index (χ3v) is 5.45. The highest BCUT2D eigenvalue weighted by atomic mass is 19.1. The van der Waals surface area contributed by atoms with Gasteiger partial charge in [-0.2, -0.15) is 5.26 Å². The molecule has 0 bridgehead atoms. The lowest BCUT2D eigenvalue weighted by atomic mass is 9.85. The molecule has 0 saturated heterocycles. The fourth-order valence-corrected chi connectivity index (χ4v) is 3.79. The van der Waals surface area contributed by atoms with Crippen LogP contribution >= 0.6 is 0 Å². The number of nitrogens with zero attached hydrogens (tertiary/aromatic N) is 2. The van der Waals surface area contributed by atoms with Gasteiger partial charge in [-0.3, -0.25) is 4.98 Å². The van der Waals surface area contributed by atoms with E-state index in [9.17, 15) is 14.8 Å². The molecular formula is C24H22FN3O2. The Hall–Kier alpha value is -3.27. The Bertz CT molecular complexity index is 1110. The second kappa shape index (κ2) is 7.86. The Morgan fingerprint density at radius 3 is 2.70 bits per heavy atom. The Kier molecular flexibility index (Phi) is 5.25. The number of halogens is 1. The van der Waals surface area contributed by atoms with Crippen molar-refractivity contribution in [1.29, 1.82) is 5.26 Å². The highest BCUT2D eigenvalue weighted by Gasteiger charge is 2.42. The van der Waals surface area contributed by atoms with Gasteiger partial charge in [-0.05, 0) is 66.9 Å². The number of nitriles is 1. The predicted molar refractivity (Wildman–Crippen MR) is 111 cm³/mol. The first-order chi connectivity index (χ1) is 14.4. The molecule has 0 unspecified atom stereocenters. The minimum atomic E-state index is -0.829. The van der Waals surface area contributed by atoms with Gasteiger partial charge < -0.3 is 15.2 Å². The summed E-state index contributed by atoms with van der Waals surface area (Å²) in [5.41, 5.74) is 3.18. The number of hydrogen-bond donors (Lipinski definition) is 2. The van der Waals surface area contributed by atoms with Gasteiger partial charge in [0.25, 0.3) is 0 Å². The Balaban J connectivity index is 1.66. The number of rotatable bonds is 4. The SMILES string of the molecule is CC1(C)Oc2ccc(C#N)cc2[C@H](NCc2cnccc2-c2ccc(F)cc2)[C@H]1O. The van der Waals surface area contributed by atoms with Crippen LogP contribution in [0, 0.1) is 17.1 Å². The van der Waals surface area contributed by atoms with E-state index in [-0.39, 0.29) is 5.82 Å². The first kappa shape index (κ1) is 20.0. The minimum Gasteiger partial charge on any atom is -0.485 e. The van der Waals surface area contributed by atoms with Gasteiger partial charge in [0.2, 0.25) is 0 Å². The van der Waals surface area contributed by atoms with Crippen LogP contribution in [0.5, 0.6) is 5.75 Å². The molecule has 0 spiro atoms. The van der Waals surface area contributed by atoms with Gasteiger partial charge >= 0.3 is 0 Å². The smallest absolute Gasteiger partial charge is 0.131 e. The Morgan fingerprint density at radius 1 is 1.20 bits per heavy atom. The zero-order valence-corrected chi connectivity index (χ0v) is 16.8. The summed E-state index contributed by atoms with van der Waals surface area (Å²) in [4.78, 5) is 4.23. The molecule has 3 aromatic rings. The lowest BCUT2D eigenvalue weighted by Gasteiger charge is -2.42. The fraction of sp³-hybridized carbons (Fsp3) is 0.250. The number of aliphatic hydroxyl groups is 1. The van der Waals surface area contributed by atoms with Crippen molar-refractivity contribution in [3.63, 3.8) is 0 Å². The van der Waals surface area contributed by atoms with Crippen LogP contribution in [0.3, 0.4) is 0 Å². The van der Waals surface area contributed by atoms with Crippen LogP contribution in [0.15, 0.2) is 60.9 Å². The van der Waals surface area contributed by atoms with Crippen LogP contribution in [-0.4, -0.2) is 21.8 Å². The van der Waals surface area contributed by atoms with Crippen molar-refractivity contribution >= 4 is 0 Å². The third kappa shape index (κ3) is 3.78. The molecule has 5 nitrogen and oxygen atoms in total. The van der Waals surface area contributed by atoms with E-state index in [4.69, 9.17) is 4.74 Å². The number of hydrogen-bond acceptors (Lipinski definition) is 5.